The van der Waals surface area contributed by atoms with E-state index in [1.807, 2.05) is 6.07 Å². The average Bonchev–Trinajstić information content (AvgIpc) is 2.22. The van der Waals surface area contributed by atoms with Crippen LogP contribution < -0.4 is 5.32 Å². The van der Waals surface area contributed by atoms with Gasteiger partial charge in [0.2, 0.25) is 0 Å². The Morgan fingerprint density at radius 2 is 2.38 bits per heavy atom. The van der Waals surface area contributed by atoms with Crippen molar-refractivity contribution in [2.75, 3.05) is 19.6 Å². The van der Waals surface area contributed by atoms with Crippen LogP contribution in [0, 0.1) is 5.82 Å². The largest absolute Gasteiger partial charge is 0.312 e. The third-order valence-electron chi connectivity index (χ3n) is 2.86. The lowest BCUT2D eigenvalue weighted by molar-refractivity contribution is 0.199. The van der Waals surface area contributed by atoms with Crippen molar-refractivity contribution in [3.8, 4) is 0 Å². The first-order valence-electron chi connectivity index (χ1n) is 5.55. The zero-order valence-electron chi connectivity index (χ0n) is 9.34. The van der Waals surface area contributed by atoms with E-state index in [4.69, 9.17) is 0 Å². The second-order valence-electron chi connectivity index (χ2n) is 4.33. The quantitative estimate of drug-likeness (QED) is 0.898. The van der Waals surface area contributed by atoms with Crippen molar-refractivity contribution in [2.45, 2.75) is 19.5 Å². The van der Waals surface area contributed by atoms with Crippen molar-refractivity contribution in [1.82, 2.24) is 10.2 Å². The van der Waals surface area contributed by atoms with Crippen LogP contribution in [-0.4, -0.2) is 30.6 Å². The predicted molar refractivity (Wildman–Crippen MR) is 66.8 cm³/mol. The summed E-state index contributed by atoms with van der Waals surface area (Å²) in [7, 11) is 0. The van der Waals surface area contributed by atoms with Gasteiger partial charge in [-0.05, 0) is 24.6 Å². The second kappa shape index (κ2) is 5.25. The van der Waals surface area contributed by atoms with Crippen LogP contribution in [0.3, 0.4) is 0 Å². The molecule has 1 atom stereocenters. The van der Waals surface area contributed by atoms with Gasteiger partial charge in [0.25, 0.3) is 0 Å². The van der Waals surface area contributed by atoms with Gasteiger partial charge >= 0.3 is 0 Å². The molecule has 1 unspecified atom stereocenters. The molecule has 0 spiro atoms. The van der Waals surface area contributed by atoms with Gasteiger partial charge in [-0.3, -0.25) is 4.90 Å². The van der Waals surface area contributed by atoms with E-state index in [-0.39, 0.29) is 5.82 Å². The van der Waals surface area contributed by atoms with Gasteiger partial charge < -0.3 is 5.32 Å². The summed E-state index contributed by atoms with van der Waals surface area (Å²) >= 11 is 3.41. The van der Waals surface area contributed by atoms with Crippen molar-refractivity contribution in [3.05, 3.63) is 34.1 Å². The van der Waals surface area contributed by atoms with Crippen LogP contribution in [-0.2, 0) is 6.54 Å². The maximum atomic E-state index is 12.9. The maximum absolute atomic E-state index is 12.9. The molecule has 0 aromatic heterocycles. The summed E-state index contributed by atoms with van der Waals surface area (Å²) in [5, 5.41) is 3.41. The third-order valence-corrected chi connectivity index (χ3v) is 3.60. The van der Waals surface area contributed by atoms with E-state index in [2.05, 4.69) is 33.1 Å². The standard InChI is InChI=1S/C12H16BrFN2/c1-9-7-16(5-4-15-9)8-10-2-3-11(14)6-12(10)13/h2-3,6,9,15H,4-5,7-8H2,1H3. The first kappa shape index (κ1) is 12.0. The van der Waals surface area contributed by atoms with Crippen LogP contribution >= 0.6 is 15.9 Å². The van der Waals surface area contributed by atoms with Gasteiger partial charge in [-0.15, -0.1) is 0 Å². The average molecular weight is 287 g/mol. The lowest BCUT2D eigenvalue weighted by Crippen LogP contribution is -2.48. The monoisotopic (exact) mass is 286 g/mol. The van der Waals surface area contributed by atoms with Gasteiger partial charge in [-0.25, -0.2) is 4.39 Å². The Bertz CT molecular complexity index is 370. The van der Waals surface area contributed by atoms with E-state index in [9.17, 15) is 4.39 Å². The van der Waals surface area contributed by atoms with Gasteiger partial charge in [-0.2, -0.15) is 0 Å². The molecule has 4 heteroatoms. The summed E-state index contributed by atoms with van der Waals surface area (Å²) in [5.41, 5.74) is 1.15. The number of halogens is 2. The van der Waals surface area contributed by atoms with Crippen LogP contribution in [0.15, 0.2) is 22.7 Å². The summed E-state index contributed by atoms with van der Waals surface area (Å²) in [5.74, 6) is -0.190. The zero-order chi connectivity index (χ0) is 11.5. The lowest BCUT2D eigenvalue weighted by Gasteiger charge is -2.32. The molecule has 1 N–H and O–H groups in total. The predicted octanol–water partition coefficient (Wildman–Crippen LogP) is 2.38. The molecule has 0 aliphatic carbocycles. The fourth-order valence-corrected chi connectivity index (χ4v) is 2.52. The fourth-order valence-electron chi connectivity index (χ4n) is 2.05. The molecule has 1 aromatic carbocycles. The van der Waals surface area contributed by atoms with Gasteiger partial charge in [0.05, 0.1) is 0 Å². The van der Waals surface area contributed by atoms with Gasteiger partial charge in [0.1, 0.15) is 5.82 Å². The van der Waals surface area contributed by atoms with Crippen LogP contribution in [0.1, 0.15) is 12.5 Å². The second-order valence-corrected chi connectivity index (χ2v) is 5.18. The first-order chi connectivity index (χ1) is 7.65. The molecule has 0 saturated carbocycles. The summed E-state index contributed by atoms with van der Waals surface area (Å²) in [4.78, 5) is 2.39. The number of benzene rings is 1. The first-order valence-corrected chi connectivity index (χ1v) is 6.34. The molecular formula is C12H16BrFN2. The summed E-state index contributed by atoms with van der Waals surface area (Å²) < 4.78 is 13.8. The molecule has 2 nitrogen and oxygen atoms in total. The highest BCUT2D eigenvalue weighted by Gasteiger charge is 2.16. The Kier molecular flexibility index (Phi) is 3.95. The highest BCUT2D eigenvalue weighted by Crippen LogP contribution is 2.20. The Morgan fingerprint density at radius 1 is 1.56 bits per heavy atom. The summed E-state index contributed by atoms with van der Waals surface area (Å²) in [6.45, 7) is 6.19. The van der Waals surface area contributed by atoms with Gasteiger partial charge in [0.15, 0.2) is 0 Å². The number of hydrogen-bond donors (Lipinski definition) is 1. The fraction of sp³-hybridized carbons (Fsp3) is 0.500. The van der Waals surface area contributed by atoms with Crippen molar-refractivity contribution < 1.29 is 4.39 Å². The zero-order valence-corrected chi connectivity index (χ0v) is 10.9. The summed E-state index contributed by atoms with van der Waals surface area (Å²) in [6, 6.07) is 5.44. The van der Waals surface area contributed by atoms with Crippen LogP contribution in [0.4, 0.5) is 4.39 Å². The molecule has 16 heavy (non-hydrogen) atoms. The molecule has 2 rings (SSSR count). The van der Waals surface area contributed by atoms with Crippen molar-refractivity contribution in [2.24, 2.45) is 0 Å². The van der Waals surface area contributed by atoms with Gasteiger partial charge in [0, 0.05) is 36.7 Å². The normalized spacial score (nSPS) is 22.3. The number of nitrogens with one attached hydrogen (secondary N) is 1. The molecule has 88 valence electrons. The van der Waals surface area contributed by atoms with E-state index in [0.717, 1.165) is 36.2 Å². The molecule has 1 aromatic rings. The molecule has 0 amide bonds. The Balaban J connectivity index is 2.02. The molecule has 0 bridgehead atoms. The van der Waals surface area contributed by atoms with Crippen molar-refractivity contribution >= 4 is 15.9 Å². The Morgan fingerprint density at radius 3 is 3.06 bits per heavy atom. The number of hydrogen-bond acceptors (Lipinski definition) is 2. The number of piperazine rings is 1. The van der Waals surface area contributed by atoms with E-state index in [1.54, 1.807) is 0 Å². The van der Waals surface area contributed by atoms with E-state index in [1.165, 1.54) is 12.1 Å². The number of rotatable bonds is 2. The number of nitrogens with zero attached hydrogens (tertiary/aromatic N) is 1. The van der Waals surface area contributed by atoms with Crippen LogP contribution in [0.25, 0.3) is 0 Å². The maximum Gasteiger partial charge on any atom is 0.124 e. The van der Waals surface area contributed by atoms with E-state index < -0.39 is 0 Å². The van der Waals surface area contributed by atoms with Crippen molar-refractivity contribution in [1.29, 1.82) is 0 Å². The minimum absolute atomic E-state index is 0.190. The molecule has 1 aliphatic heterocycles. The molecule has 1 heterocycles. The van der Waals surface area contributed by atoms with E-state index in [0.29, 0.717) is 6.04 Å². The lowest BCUT2D eigenvalue weighted by atomic mass is 10.1. The highest BCUT2D eigenvalue weighted by molar-refractivity contribution is 9.10. The molecule has 1 aliphatic rings. The molecular weight excluding hydrogens is 271 g/mol. The smallest absolute Gasteiger partial charge is 0.124 e. The SMILES string of the molecule is CC1CN(Cc2ccc(F)cc2Br)CCN1. The van der Waals surface area contributed by atoms with E-state index >= 15 is 0 Å². The summed E-state index contributed by atoms with van der Waals surface area (Å²) in [6.07, 6.45) is 0. The van der Waals surface area contributed by atoms with Crippen molar-refractivity contribution in [3.63, 3.8) is 0 Å². The minimum atomic E-state index is -0.190. The molecule has 0 radical (unpaired) electrons. The minimum Gasteiger partial charge on any atom is -0.312 e. The topological polar surface area (TPSA) is 15.3 Å². The van der Waals surface area contributed by atoms with Gasteiger partial charge in [-0.1, -0.05) is 22.0 Å². The molecule has 1 saturated heterocycles. The van der Waals surface area contributed by atoms with Crippen LogP contribution in [0.2, 0.25) is 0 Å². The van der Waals surface area contributed by atoms with Crippen LogP contribution in [0.5, 0.6) is 0 Å². The molecule has 1 fully saturated rings. The Labute approximate surface area is 104 Å². The highest BCUT2D eigenvalue weighted by atomic mass is 79.9. The Hall–Kier alpha value is -0.450. The third kappa shape index (κ3) is 3.03.